The number of ketones is 2. The molecule has 21 heteroatoms. The zero-order valence-electron chi connectivity index (χ0n) is 40.2. The summed E-state index contributed by atoms with van der Waals surface area (Å²) in [5, 5.41) is 49.6. The van der Waals surface area contributed by atoms with Crippen molar-refractivity contribution in [3.05, 3.63) is 89.0 Å². The normalized spacial score (nSPS) is 31.3. The van der Waals surface area contributed by atoms with Gasteiger partial charge in [0, 0.05) is 47.4 Å². The second-order valence-corrected chi connectivity index (χ2v) is 20.8. The monoisotopic (exact) mass is 1020 g/mol. The second-order valence-electron chi connectivity index (χ2n) is 19.7. The molecule has 1 saturated heterocycles. The third-order valence-electron chi connectivity index (χ3n) is 15.4. The molecule has 18 nitrogen and oxygen atoms in total. The molecule has 0 radical (unpaired) electrons. The average molecular weight is 1020 g/mol. The number of benzene rings is 2. The standard InChI is InChI=1S/C51H60F2N4O14S/c1-26(55-45(68)36(13-14-42(63)64)57-41(62)16-18-54-46(69)37(72-4)23-43(65)66)44(67)56-30-11-7-28(8-12-30)19-27-5-9-29(10-6-27)47-70-40-22-32-33-21-35(52)34-20-31(59)15-17-48(34,2)50(33,53)38(60)24-49(32,3)51(40,71-47)39(61)25-58/h5-12,15,17,20,26,32-33,35-38,40,47,58,60H,13-14,16,18-19,21-25H2,1-4H3,(H,54,69)(H,55,68)(H,56,67)(H,57,62)(H,63,64)(H,65,66)/t26-,32-,33-,35-,36-,37?,38-,40+,47+,48-,49-,50-,51+/m0/s1. The topological polar surface area (TPSA) is 284 Å². The van der Waals surface area contributed by atoms with Crippen molar-refractivity contribution in [1.29, 1.82) is 0 Å². The van der Waals surface area contributed by atoms with Gasteiger partial charge in [0.1, 0.15) is 24.9 Å². The molecule has 13 atom stereocenters. The Balaban J connectivity index is 0.937. The van der Waals surface area contributed by atoms with E-state index in [1.54, 1.807) is 49.6 Å². The SMILES string of the molecule is CSC(CC(=O)O)C(=O)NCCC(=O)N[C@@H](CCC(=O)O)C(=O)N[C@@H](C)C(=O)Nc1ccc(Cc2ccc([C@@H]3O[C@@H]4C[C@H]5[C@@H]6C[C@H](F)C7=CC(=O)C=C[C@]7(C)[C@@]6(F)[C@@H](O)C[C@]5(C)[C@]4(C(=O)CO)O3)cc2)cc1. The molecule has 388 valence electrons. The molecule has 0 spiro atoms. The molecular weight excluding hydrogens is 963 g/mol. The third-order valence-corrected chi connectivity index (χ3v) is 16.4. The van der Waals surface area contributed by atoms with Gasteiger partial charge < -0.3 is 51.2 Å². The van der Waals surface area contributed by atoms with E-state index in [1.165, 1.54) is 26.0 Å². The molecule has 5 aliphatic rings. The summed E-state index contributed by atoms with van der Waals surface area (Å²) >= 11 is 1.03. The van der Waals surface area contributed by atoms with E-state index in [2.05, 4.69) is 21.3 Å². The van der Waals surface area contributed by atoms with Crippen LogP contribution in [-0.2, 0) is 54.3 Å². The quantitative estimate of drug-likeness (QED) is 0.0944. The molecule has 72 heavy (non-hydrogen) atoms. The van der Waals surface area contributed by atoms with Gasteiger partial charge in [-0.05, 0) is 99.1 Å². The minimum absolute atomic E-state index is 0.0132. The van der Waals surface area contributed by atoms with E-state index in [9.17, 15) is 53.7 Å². The number of alkyl halides is 2. The maximum atomic E-state index is 17.8. The minimum atomic E-state index is -2.37. The molecule has 7 rings (SSSR count). The largest absolute Gasteiger partial charge is 0.481 e. The predicted octanol–water partition coefficient (Wildman–Crippen LogP) is 3.43. The number of Topliss-reactive ketones (excluding diaryl/α,β-unsaturated/α-hetero) is 1. The number of carbonyl (C=O) groups excluding carboxylic acids is 6. The van der Waals surface area contributed by atoms with Crippen LogP contribution < -0.4 is 21.3 Å². The molecule has 1 unspecified atom stereocenters. The highest BCUT2D eigenvalue weighted by molar-refractivity contribution is 7.99. The maximum Gasteiger partial charge on any atom is 0.305 e. The number of hydrogen-bond donors (Lipinski definition) is 8. The van der Waals surface area contributed by atoms with Gasteiger partial charge in [-0.25, -0.2) is 8.78 Å². The van der Waals surface area contributed by atoms with Crippen molar-refractivity contribution in [2.75, 3.05) is 24.7 Å². The van der Waals surface area contributed by atoms with Crippen LogP contribution in [0.15, 0.2) is 72.3 Å². The summed E-state index contributed by atoms with van der Waals surface area (Å²) in [4.78, 5) is 99.7. The van der Waals surface area contributed by atoms with Crippen LogP contribution in [0, 0.1) is 22.7 Å². The summed E-state index contributed by atoms with van der Waals surface area (Å²) in [7, 11) is 0. The average Bonchev–Trinajstić information content (AvgIpc) is 3.84. The third kappa shape index (κ3) is 10.1. The number of nitrogens with one attached hydrogen (secondary N) is 4. The number of carbonyl (C=O) groups is 8. The molecule has 3 saturated carbocycles. The van der Waals surface area contributed by atoms with Crippen LogP contribution in [0.2, 0.25) is 0 Å². The molecule has 0 bridgehead atoms. The van der Waals surface area contributed by atoms with E-state index in [0.29, 0.717) is 17.7 Å². The van der Waals surface area contributed by atoms with Crippen molar-refractivity contribution in [3.8, 4) is 0 Å². The lowest BCUT2D eigenvalue weighted by molar-refractivity contribution is -0.235. The van der Waals surface area contributed by atoms with Gasteiger partial charge in [0.15, 0.2) is 29.1 Å². The molecule has 2 aromatic carbocycles. The summed E-state index contributed by atoms with van der Waals surface area (Å²) < 4.78 is 46.8. The molecule has 0 aromatic heterocycles. The summed E-state index contributed by atoms with van der Waals surface area (Å²) in [6, 6.07) is 11.7. The number of rotatable bonds is 20. The van der Waals surface area contributed by atoms with Gasteiger partial charge in [0.05, 0.1) is 23.9 Å². The lowest BCUT2D eigenvalue weighted by Crippen LogP contribution is -2.70. The van der Waals surface area contributed by atoms with Gasteiger partial charge >= 0.3 is 11.9 Å². The lowest BCUT2D eigenvalue weighted by atomic mass is 9.44. The van der Waals surface area contributed by atoms with Gasteiger partial charge in [-0.2, -0.15) is 11.8 Å². The van der Waals surface area contributed by atoms with E-state index in [0.717, 1.165) is 29.0 Å². The van der Waals surface area contributed by atoms with E-state index >= 15 is 8.78 Å². The number of aliphatic carboxylic acids is 2. The lowest BCUT2D eigenvalue weighted by Gasteiger charge is -2.63. The zero-order chi connectivity index (χ0) is 52.5. The first kappa shape index (κ1) is 53.9. The van der Waals surface area contributed by atoms with Crippen molar-refractivity contribution in [2.45, 2.75) is 125 Å². The molecule has 1 heterocycles. The summed E-state index contributed by atoms with van der Waals surface area (Å²) in [6.07, 6.45) is -1.58. The highest BCUT2D eigenvalue weighted by Crippen LogP contribution is 2.72. The number of halogens is 2. The predicted molar refractivity (Wildman–Crippen MR) is 255 cm³/mol. The highest BCUT2D eigenvalue weighted by Gasteiger charge is 2.80. The highest BCUT2D eigenvalue weighted by atomic mass is 32.2. The van der Waals surface area contributed by atoms with E-state index in [1.807, 2.05) is 12.1 Å². The Morgan fingerprint density at radius 3 is 2.18 bits per heavy atom. The van der Waals surface area contributed by atoms with Crippen molar-refractivity contribution < 1.29 is 77.0 Å². The summed E-state index contributed by atoms with van der Waals surface area (Å²) in [5.74, 6) is -7.96. The number of hydrogen-bond acceptors (Lipinski definition) is 13. The van der Waals surface area contributed by atoms with E-state index in [-0.39, 0.29) is 44.2 Å². The maximum absolute atomic E-state index is 17.8. The second kappa shape index (κ2) is 21.3. The van der Waals surface area contributed by atoms with Crippen LogP contribution in [0.4, 0.5) is 14.5 Å². The first-order valence-electron chi connectivity index (χ1n) is 23.8. The number of aliphatic hydroxyl groups excluding tert-OH is 2. The fourth-order valence-electron chi connectivity index (χ4n) is 11.7. The van der Waals surface area contributed by atoms with Gasteiger partial charge in [0.25, 0.3) is 0 Å². The van der Waals surface area contributed by atoms with Gasteiger partial charge in [-0.15, -0.1) is 0 Å². The Kier molecular flexibility index (Phi) is 16.0. The molecular formula is C51H60F2N4O14S. The fourth-order valence-corrected chi connectivity index (χ4v) is 12.3. The Labute approximate surface area is 418 Å². The Hall–Kier alpha value is -5.87. The van der Waals surface area contributed by atoms with E-state index in [4.69, 9.17) is 14.6 Å². The number of aliphatic hydroxyl groups is 2. The Morgan fingerprint density at radius 1 is 0.889 bits per heavy atom. The minimum Gasteiger partial charge on any atom is -0.481 e. The first-order valence-corrected chi connectivity index (χ1v) is 25.1. The van der Waals surface area contributed by atoms with Gasteiger partial charge in [-0.1, -0.05) is 49.4 Å². The molecule has 8 N–H and O–H groups in total. The van der Waals surface area contributed by atoms with Crippen molar-refractivity contribution in [3.63, 3.8) is 0 Å². The summed E-state index contributed by atoms with van der Waals surface area (Å²) in [6.45, 7) is 3.56. The van der Waals surface area contributed by atoms with Crippen LogP contribution in [-0.4, -0.2) is 134 Å². The number of amides is 4. The van der Waals surface area contributed by atoms with Gasteiger partial charge in [-0.3, -0.25) is 38.4 Å². The number of anilines is 1. The zero-order valence-corrected chi connectivity index (χ0v) is 41.0. The number of fused-ring (bicyclic) bond motifs is 7. The number of carboxylic acids is 2. The van der Waals surface area contributed by atoms with Crippen molar-refractivity contribution in [1.82, 2.24) is 16.0 Å². The molecule has 1 aliphatic heterocycles. The number of thioether (sulfide) groups is 1. The van der Waals surface area contributed by atoms with Crippen LogP contribution in [0.1, 0.15) is 88.7 Å². The molecule has 4 fully saturated rings. The molecule has 4 aliphatic carbocycles. The fraction of sp³-hybridized carbons (Fsp3) is 0.529. The Bertz CT molecular complexity index is 2550. The smallest absolute Gasteiger partial charge is 0.305 e. The number of carboxylic acid groups (broad SMARTS) is 2. The van der Waals surface area contributed by atoms with E-state index < -0.39 is 143 Å². The van der Waals surface area contributed by atoms with Gasteiger partial charge in [0.2, 0.25) is 23.6 Å². The first-order chi connectivity index (χ1) is 34.0. The number of ether oxygens (including phenoxy) is 2. The van der Waals surface area contributed by atoms with Crippen LogP contribution in [0.3, 0.4) is 0 Å². The molecule has 4 amide bonds. The van der Waals surface area contributed by atoms with Crippen LogP contribution in [0.25, 0.3) is 0 Å². The molecule has 2 aromatic rings. The number of allylic oxidation sites excluding steroid dienone is 4. The van der Waals surface area contributed by atoms with Crippen molar-refractivity contribution in [2.24, 2.45) is 22.7 Å². The van der Waals surface area contributed by atoms with Crippen molar-refractivity contribution >= 4 is 64.6 Å². The Morgan fingerprint density at radius 2 is 1.56 bits per heavy atom. The summed E-state index contributed by atoms with van der Waals surface area (Å²) in [5.41, 5.74) is -4.33. The van der Waals surface area contributed by atoms with Crippen LogP contribution >= 0.6 is 11.8 Å². The van der Waals surface area contributed by atoms with Crippen LogP contribution in [0.5, 0.6) is 0 Å².